The third-order valence-corrected chi connectivity index (χ3v) is 6.57. The zero-order chi connectivity index (χ0) is 24.9. The topological polar surface area (TPSA) is 88.5 Å². The molecule has 4 rings (SSSR count). The van der Waals surface area contributed by atoms with E-state index in [1.54, 1.807) is 35.2 Å². The van der Waals surface area contributed by atoms with Crippen LogP contribution in [0.15, 0.2) is 48.0 Å². The van der Waals surface area contributed by atoms with Crippen LogP contribution in [0, 0.1) is 6.92 Å². The summed E-state index contributed by atoms with van der Waals surface area (Å²) in [5, 5.41) is 11.3. The van der Waals surface area contributed by atoms with Crippen LogP contribution < -0.4 is 9.47 Å². The highest BCUT2D eigenvalue weighted by Gasteiger charge is 2.47. The Kier molecular flexibility index (Phi) is 7.73. The maximum absolute atomic E-state index is 13.3. The van der Waals surface area contributed by atoms with E-state index in [1.807, 2.05) is 19.1 Å². The summed E-state index contributed by atoms with van der Waals surface area (Å²) in [5.74, 6) is -0.622. The molecular formula is C27H32N2O6. The largest absolute Gasteiger partial charge is 0.507 e. The first kappa shape index (κ1) is 24.8. The summed E-state index contributed by atoms with van der Waals surface area (Å²) in [4.78, 5) is 30.4. The van der Waals surface area contributed by atoms with Crippen molar-refractivity contribution in [1.29, 1.82) is 0 Å². The number of rotatable bonds is 8. The molecule has 186 valence electrons. The molecule has 0 saturated carbocycles. The predicted octanol–water partition coefficient (Wildman–Crippen LogP) is 3.16. The average Bonchev–Trinajstić information content (AvgIpc) is 3.13. The van der Waals surface area contributed by atoms with Gasteiger partial charge in [-0.3, -0.25) is 14.5 Å². The quantitative estimate of drug-likeness (QED) is 0.353. The second-order valence-electron chi connectivity index (χ2n) is 8.75. The van der Waals surface area contributed by atoms with Crippen molar-refractivity contribution in [2.45, 2.75) is 19.4 Å². The Morgan fingerprint density at radius 3 is 2.40 bits per heavy atom. The minimum atomic E-state index is -0.800. The zero-order valence-corrected chi connectivity index (χ0v) is 20.5. The number of Topliss-reactive ketones (excluding diaryl/α,β-unsaturated/α-hetero) is 1. The molecule has 2 fully saturated rings. The molecule has 2 aliphatic rings. The van der Waals surface area contributed by atoms with Gasteiger partial charge in [-0.15, -0.1) is 0 Å². The summed E-state index contributed by atoms with van der Waals surface area (Å²) in [7, 11) is 3.05. The minimum Gasteiger partial charge on any atom is -0.507 e. The van der Waals surface area contributed by atoms with Crippen LogP contribution in [-0.2, 0) is 14.3 Å². The van der Waals surface area contributed by atoms with E-state index in [-0.39, 0.29) is 11.3 Å². The summed E-state index contributed by atoms with van der Waals surface area (Å²) < 4.78 is 16.5. The van der Waals surface area contributed by atoms with Crippen molar-refractivity contribution in [1.82, 2.24) is 9.80 Å². The second kappa shape index (κ2) is 10.9. The van der Waals surface area contributed by atoms with Crippen molar-refractivity contribution in [3.63, 3.8) is 0 Å². The Morgan fingerprint density at radius 2 is 1.74 bits per heavy atom. The first-order valence-corrected chi connectivity index (χ1v) is 11.8. The number of carbonyl (C=O) groups excluding carboxylic acids is 2. The Bertz CT molecular complexity index is 1110. The molecule has 2 aliphatic heterocycles. The molecule has 1 atom stereocenters. The summed E-state index contributed by atoms with van der Waals surface area (Å²) in [6.07, 6.45) is 0.681. The molecule has 35 heavy (non-hydrogen) atoms. The van der Waals surface area contributed by atoms with E-state index in [0.29, 0.717) is 48.8 Å². The second-order valence-corrected chi connectivity index (χ2v) is 8.75. The van der Waals surface area contributed by atoms with Gasteiger partial charge < -0.3 is 24.2 Å². The molecule has 0 aliphatic carbocycles. The first-order chi connectivity index (χ1) is 17.0. The maximum atomic E-state index is 13.3. The van der Waals surface area contributed by atoms with Crippen molar-refractivity contribution in [2.24, 2.45) is 0 Å². The molecule has 0 bridgehead atoms. The highest BCUT2D eigenvalue weighted by atomic mass is 16.5. The monoisotopic (exact) mass is 480 g/mol. The number of hydrogen-bond acceptors (Lipinski definition) is 7. The highest BCUT2D eigenvalue weighted by Crippen LogP contribution is 2.45. The smallest absolute Gasteiger partial charge is 0.295 e. The number of carbonyl (C=O) groups is 2. The molecule has 0 radical (unpaired) electrons. The van der Waals surface area contributed by atoms with Crippen LogP contribution in [0.5, 0.6) is 11.5 Å². The van der Waals surface area contributed by atoms with Crippen molar-refractivity contribution in [3.05, 3.63) is 64.7 Å². The van der Waals surface area contributed by atoms with Gasteiger partial charge in [0.15, 0.2) is 11.5 Å². The zero-order valence-electron chi connectivity index (χ0n) is 20.5. The normalized spacial score (nSPS) is 20.3. The molecule has 2 aromatic carbocycles. The molecule has 0 spiro atoms. The fraction of sp³-hybridized carbons (Fsp3) is 0.407. The van der Waals surface area contributed by atoms with E-state index in [4.69, 9.17) is 14.2 Å². The number of para-hydroxylation sites is 1. The summed E-state index contributed by atoms with van der Waals surface area (Å²) in [6.45, 7) is 6.17. The van der Waals surface area contributed by atoms with E-state index < -0.39 is 17.7 Å². The minimum absolute atomic E-state index is 0.0526. The number of aliphatic hydroxyl groups is 1. The van der Waals surface area contributed by atoms with Crippen LogP contribution >= 0.6 is 0 Å². The fourth-order valence-electron chi connectivity index (χ4n) is 4.72. The molecule has 2 aromatic rings. The molecule has 1 N–H and O–H groups in total. The molecule has 8 heteroatoms. The van der Waals surface area contributed by atoms with Crippen LogP contribution in [0.1, 0.15) is 29.2 Å². The molecule has 2 heterocycles. The Morgan fingerprint density at radius 1 is 1.03 bits per heavy atom. The molecular weight excluding hydrogens is 448 g/mol. The Balaban J connectivity index is 1.75. The lowest BCUT2D eigenvalue weighted by molar-refractivity contribution is -0.140. The number of methoxy groups -OCH3 is 2. The van der Waals surface area contributed by atoms with E-state index in [9.17, 15) is 14.7 Å². The first-order valence-electron chi connectivity index (χ1n) is 11.8. The van der Waals surface area contributed by atoms with Crippen LogP contribution in [0.2, 0.25) is 0 Å². The number of aliphatic hydroxyl groups excluding tert-OH is 1. The number of amides is 1. The fourth-order valence-corrected chi connectivity index (χ4v) is 4.72. The number of benzene rings is 2. The van der Waals surface area contributed by atoms with Crippen molar-refractivity contribution in [3.8, 4) is 11.5 Å². The van der Waals surface area contributed by atoms with Crippen molar-refractivity contribution in [2.75, 3.05) is 53.6 Å². The van der Waals surface area contributed by atoms with E-state index in [2.05, 4.69) is 4.90 Å². The molecule has 8 nitrogen and oxygen atoms in total. The lowest BCUT2D eigenvalue weighted by atomic mass is 9.94. The van der Waals surface area contributed by atoms with Gasteiger partial charge >= 0.3 is 0 Å². The van der Waals surface area contributed by atoms with Crippen LogP contribution in [0.3, 0.4) is 0 Å². The lowest BCUT2D eigenvalue weighted by Crippen LogP contribution is -2.39. The summed E-state index contributed by atoms with van der Waals surface area (Å²) in [6, 6.07) is 11.8. The Labute approximate surface area is 205 Å². The van der Waals surface area contributed by atoms with Crippen LogP contribution in [-0.4, -0.2) is 80.2 Å². The van der Waals surface area contributed by atoms with Crippen LogP contribution in [0.4, 0.5) is 0 Å². The summed E-state index contributed by atoms with van der Waals surface area (Å²) >= 11 is 0. The van der Waals surface area contributed by atoms with Crippen molar-refractivity contribution < 1.29 is 28.9 Å². The predicted molar refractivity (Wildman–Crippen MR) is 132 cm³/mol. The van der Waals surface area contributed by atoms with Crippen molar-refractivity contribution >= 4 is 17.4 Å². The number of hydrogen-bond donors (Lipinski definition) is 1. The standard InChI is InChI=1S/C27H32N2O6/c1-18-8-10-19(11-9-18)24(30)22-23(20-6-4-7-21(33-2)26(20)34-3)29(27(32)25(22)31)13-5-12-28-14-16-35-17-15-28/h4,6-11,23,30H,5,12-17H2,1-3H3/t23-/m1/s1. The molecule has 1 amide bonds. The van der Waals surface area contributed by atoms with E-state index in [1.165, 1.54) is 14.2 Å². The molecule has 0 unspecified atom stereocenters. The summed E-state index contributed by atoms with van der Waals surface area (Å²) in [5.41, 5.74) is 2.15. The van der Waals surface area contributed by atoms with Gasteiger partial charge in [-0.05, 0) is 19.4 Å². The van der Waals surface area contributed by atoms with Gasteiger partial charge in [0.25, 0.3) is 11.7 Å². The number of ether oxygens (including phenoxy) is 3. The molecule has 0 aromatic heterocycles. The number of aryl methyl sites for hydroxylation is 1. The van der Waals surface area contributed by atoms with Gasteiger partial charge in [0.1, 0.15) is 5.76 Å². The van der Waals surface area contributed by atoms with Gasteiger partial charge in [-0.25, -0.2) is 0 Å². The number of morpholine rings is 1. The van der Waals surface area contributed by atoms with Gasteiger partial charge in [-0.2, -0.15) is 0 Å². The van der Waals surface area contributed by atoms with Gasteiger partial charge in [0.05, 0.1) is 39.0 Å². The maximum Gasteiger partial charge on any atom is 0.295 e. The van der Waals surface area contributed by atoms with Crippen LogP contribution in [0.25, 0.3) is 5.76 Å². The number of ketones is 1. The SMILES string of the molecule is COc1cccc([C@@H]2C(=C(O)c3ccc(C)cc3)C(=O)C(=O)N2CCCN2CCOCC2)c1OC. The molecule has 2 saturated heterocycles. The number of likely N-dealkylation sites (tertiary alicyclic amines) is 1. The average molecular weight is 481 g/mol. The number of nitrogens with zero attached hydrogens (tertiary/aromatic N) is 2. The highest BCUT2D eigenvalue weighted by molar-refractivity contribution is 6.46. The van der Waals surface area contributed by atoms with E-state index >= 15 is 0 Å². The lowest BCUT2D eigenvalue weighted by Gasteiger charge is -2.30. The van der Waals surface area contributed by atoms with E-state index in [0.717, 1.165) is 25.2 Å². The van der Waals surface area contributed by atoms with Gasteiger partial charge in [-0.1, -0.05) is 42.0 Å². The van der Waals surface area contributed by atoms with Gasteiger partial charge in [0, 0.05) is 37.3 Å². The van der Waals surface area contributed by atoms with Gasteiger partial charge in [0.2, 0.25) is 0 Å². The Hall–Kier alpha value is -3.36. The third-order valence-electron chi connectivity index (χ3n) is 6.57. The third kappa shape index (κ3) is 5.04.